The molecule has 0 spiro atoms. The molecule has 1 aromatic carbocycles. The van der Waals surface area contributed by atoms with Crippen molar-refractivity contribution >= 4 is 5.84 Å². The quantitative estimate of drug-likeness (QED) is 0.599. The van der Waals surface area contributed by atoms with Gasteiger partial charge in [0.2, 0.25) is 0 Å². The number of rotatable bonds is 7. The Bertz CT molecular complexity index is 432. The molecule has 3 N–H and O–H groups in total. The van der Waals surface area contributed by atoms with Crippen molar-refractivity contribution in [2.24, 2.45) is 11.7 Å². The van der Waals surface area contributed by atoms with Crippen molar-refractivity contribution in [2.75, 3.05) is 13.2 Å². The van der Waals surface area contributed by atoms with E-state index in [1.54, 1.807) is 12.1 Å². The van der Waals surface area contributed by atoms with Crippen LogP contribution >= 0.6 is 0 Å². The molecule has 4 nitrogen and oxygen atoms in total. The van der Waals surface area contributed by atoms with Gasteiger partial charge in [0.15, 0.2) is 0 Å². The predicted octanol–water partition coefficient (Wildman–Crippen LogP) is 2.97. The van der Waals surface area contributed by atoms with Crippen LogP contribution in [0.4, 0.5) is 13.2 Å². The van der Waals surface area contributed by atoms with Gasteiger partial charge in [0, 0.05) is 0 Å². The van der Waals surface area contributed by atoms with Gasteiger partial charge in [0.1, 0.15) is 29.9 Å². The maximum atomic E-state index is 12.6. The van der Waals surface area contributed by atoms with Crippen LogP contribution in [0.3, 0.4) is 0 Å². The molecular formula is C13H17F3N2O2. The molecule has 20 heavy (non-hydrogen) atoms. The summed E-state index contributed by atoms with van der Waals surface area (Å²) in [5.41, 5.74) is 4.93. The zero-order chi connectivity index (χ0) is 15.2. The van der Waals surface area contributed by atoms with Crippen molar-refractivity contribution in [3.63, 3.8) is 0 Å². The second kappa shape index (κ2) is 7.02. The van der Waals surface area contributed by atoms with Crippen LogP contribution in [0.15, 0.2) is 24.3 Å². The van der Waals surface area contributed by atoms with Crippen LogP contribution in [-0.2, 0) is 0 Å². The fraction of sp³-hybridized carbons (Fsp3) is 0.462. The van der Waals surface area contributed by atoms with Gasteiger partial charge in [-0.2, -0.15) is 13.2 Å². The highest BCUT2D eigenvalue weighted by Gasteiger charge is 2.42. The first-order valence-electron chi connectivity index (χ1n) is 6.11. The second-order valence-corrected chi connectivity index (χ2v) is 4.18. The van der Waals surface area contributed by atoms with Crippen molar-refractivity contribution < 1.29 is 22.6 Å². The Kier molecular flexibility index (Phi) is 5.66. The Morgan fingerprint density at radius 2 is 1.70 bits per heavy atom. The lowest BCUT2D eigenvalue weighted by atomic mass is 10.1. The van der Waals surface area contributed by atoms with E-state index in [-0.39, 0.29) is 5.75 Å². The zero-order valence-electron chi connectivity index (χ0n) is 11.0. The highest BCUT2D eigenvalue weighted by atomic mass is 19.4. The van der Waals surface area contributed by atoms with Crippen LogP contribution in [0.25, 0.3) is 0 Å². The van der Waals surface area contributed by atoms with Crippen molar-refractivity contribution in [3.05, 3.63) is 24.3 Å². The van der Waals surface area contributed by atoms with Gasteiger partial charge in [0.05, 0.1) is 6.61 Å². The molecular weight excluding hydrogens is 273 g/mol. The van der Waals surface area contributed by atoms with Gasteiger partial charge >= 0.3 is 6.18 Å². The molecule has 1 aromatic rings. The van der Waals surface area contributed by atoms with Crippen molar-refractivity contribution in [2.45, 2.75) is 19.5 Å². The maximum absolute atomic E-state index is 12.6. The highest BCUT2D eigenvalue weighted by molar-refractivity contribution is 5.80. The lowest BCUT2D eigenvalue weighted by molar-refractivity contribution is -0.162. The molecule has 1 unspecified atom stereocenters. The van der Waals surface area contributed by atoms with E-state index in [1.165, 1.54) is 12.1 Å². The van der Waals surface area contributed by atoms with Crippen LogP contribution in [0.2, 0.25) is 0 Å². The lowest BCUT2D eigenvalue weighted by Gasteiger charge is -2.19. The van der Waals surface area contributed by atoms with E-state index in [9.17, 15) is 13.2 Å². The highest BCUT2D eigenvalue weighted by Crippen LogP contribution is 2.27. The van der Waals surface area contributed by atoms with Gasteiger partial charge < -0.3 is 15.2 Å². The summed E-state index contributed by atoms with van der Waals surface area (Å²) in [5.74, 6) is -2.17. The van der Waals surface area contributed by atoms with E-state index < -0.39 is 24.5 Å². The summed E-state index contributed by atoms with van der Waals surface area (Å²) in [6.45, 7) is 1.82. The van der Waals surface area contributed by atoms with Gasteiger partial charge in [0.25, 0.3) is 0 Å². The van der Waals surface area contributed by atoms with E-state index in [0.717, 1.165) is 6.42 Å². The molecule has 0 fully saturated rings. The van der Waals surface area contributed by atoms with E-state index in [2.05, 4.69) is 0 Å². The Labute approximate surface area is 115 Å². The molecule has 0 saturated carbocycles. The molecule has 0 heterocycles. The Hall–Kier alpha value is -1.92. The second-order valence-electron chi connectivity index (χ2n) is 4.18. The van der Waals surface area contributed by atoms with Crippen LogP contribution in [-0.4, -0.2) is 25.2 Å². The molecule has 1 atom stereocenters. The summed E-state index contributed by atoms with van der Waals surface area (Å²) in [6, 6.07) is 6.25. The number of amidine groups is 1. The monoisotopic (exact) mass is 290 g/mol. The summed E-state index contributed by atoms with van der Waals surface area (Å²) >= 11 is 0. The molecule has 0 aliphatic rings. The van der Waals surface area contributed by atoms with Crippen LogP contribution in [0.1, 0.15) is 13.3 Å². The summed E-state index contributed by atoms with van der Waals surface area (Å²) in [4.78, 5) is 0. The van der Waals surface area contributed by atoms with Gasteiger partial charge in [-0.05, 0) is 30.7 Å². The average molecular weight is 290 g/mol. The van der Waals surface area contributed by atoms with Crippen LogP contribution in [0, 0.1) is 11.3 Å². The third kappa shape index (κ3) is 4.99. The van der Waals surface area contributed by atoms with Crippen molar-refractivity contribution in [1.82, 2.24) is 0 Å². The molecule has 7 heteroatoms. The number of hydrogen-bond donors (Lipinski definition) is 2. The van der Waals surface area contributed by atoms with E-state index in [0.29, 0.717) is 12.4 Å². The number of nitrogens with one attached hydrogen (secondary N) is 1. The molecule has 0 aliphatic carbocycles. The van der Waals surface area contributed by atoms with Gasteiger partial charge in [-0.25, -0.2) is 0 Å². The Morgan fingerprint density at radius 3 is 2.10 bits per heavy atom. The first kappa shape index (κ1) is 16.1. The molecule has 0 amide bonds. The standard InChI is InChI=1S/C13H17F3N2O2/c1-2-7-19-9-3-5-10(6-4-9)20-8-11(12(17)18)13(14,15)16/h3-6,11H,2,7-8H2,1H3,(H3,17,18). The van der Waals surface area contributed by atoms with E-state index in [1.807, 2.05) is 6.92 Å². The molecule has 0 bridgehead atoms. The maximum Gasteiger partial charge on any atom is 0.401 e. The molecule has 1 rings (SSSR count). The SMILES string of the molecule is CCCOc1ccc(OCC(C(=N)N)C(F)(F)F)cc1. The topological polar surface area (TPSA) is 68.3 Å². The minimum absolute atomic E-state index is 0.268. The smallest absolute Gasteiger partial charge is 0.401 e. The van der Waals surface area contributed by atoms with Gasteiger partial charge in [-0.3, -0.25) is 5.41 Å². The van der Waals surface area contributed by atoms with Gasteiger partial charge in [-0.15, -0.1) is 0 Å². The fourth-order valence-corrected chi connectivity index (χ4v) is 1.39. The zero-order valence-corrected chi connectivity index (χ0v) is 11.0. The minimum atomic E-state index is -4.59. The first-order chi connectivity index (χ1) is 9.34. The summed E-state index contributed by atoms with van der Waals surface area (Å²) in [5, 5.41) is 6.94. The predicted molar refractivity (Wildman–Crippen MR) is 69.2 cm³/mol. The summed E-state index contributed by atoms with van der Waals surface area (Å²) in [7, 11) is 0. The first-order valence-corrected chi connectivity index (χ1v) is 6.11. The third-order valence-electron chi connectivity index (χ3n) is 2.48. The molecule has 0 aromatic heterocycles. The number of alkyl halides is 3. The van der Waals surface area contributed by atoms with E-state index >= 15 is 0 Å². The lowest BCUT2D eigenvalue weighted by Crippen LogP contribution is -2.39. The van der Waals surface area contributed by atoms with Crippen molar-refractivity contribution in [3.8, 4) is 11.5 Å². The molecule has 0 saturated heterocycles. The Morgan fingerprint density at radius 1 is 1.20 bits per heavy atom. The van der Waals surface area contributed by atoms with Crippen LogP contribution < -0.4 is 15.2 Å². The molecule has 0 radical (unpaired) electrons. The largest absolute Gasteiger partial charge is 0.494 e. The minimum Gasteiger partial charge on any atom is -0.494 e. The third-order valence-corrected chi connectivity index (χ3v) is 2.48. The fourth-order valence-electron chi connectivity index (χ4n) is 1.39. The number of halogens is 3. The number of ether oxygens (including phenoxy) is 2. The summed E-state index contributed by atoms with van der Waals surface area (Å²) < 4.78 is 48.0. The number of benzene rings is 1. The normalized spacial score (nSPS) is 12.8. The molecule has 0 aliphatic heterocycles. The summed E-state index contributed by atoms with van der Waals surface area (Å²) in [6.07, 6.45) is -3.72. The number of hydrogen-bond acceptors (Lipinski definition) is 3. The van der Waals surface area contributed by atoms with Crippen molar-refractivity contribution in [1.29, 1.82) is 5.41 Å². The Balaban J connectivity index is 2.58. The van der Waals surface area contributed by atoms with Crippen LogP contribution in [0.5, 0.6) is 11.5 Å². The molecule has 112 valence electrons. The average Bonchev–Trinajstić information content (AvgIpc) is 2.36. The van der Waals surface area contributed by atoms with E-state index in [4.69, 9.17) is 20.6 Å². The van der Waals surface area contributed by atoms with Gasteiger partial charge in [-0.1, -0.05) is 6.92 Å². The number of nitrogens with two attached hydrogens (primary N) is 1.